The van der Waals surface area contributed by atoms with Crippen LogP contribution >= 0.6 is 7.26 Å². The van der Waals surface area contributed by atoms with Crippen molar-refractivity contribution in [3.63, 3.8) is 0 Å². The molecule has 0 aliphatic heterocycles. The molecule has 0 spiro atoms. The maximum absolute atomic E-state index is 11.3. The van der Waals surface area contributed by atoms with Crippen molar-refractivity contribution in [1.82, 2.24) is 0 Å². The molecule has 0 radical (unpaired) electrons. The van der Waals surface area contributed by atoms with Gasteiger partial charge in [0.15, 0.2) is 0 Å². The number of alkyl halides is 3. The van der Waals surface area contributed by atoms with Gasteiger partial charge in [-0.3, -0.25) is 4.81 Å². The van der Waals surface area contributed by atoms with Crippen molar-refractivity contribution in [2.24, 2.45) is 0 Å². The average molecular weight is 548 g/mol. The third-order valence-electron chi connectivity index (χ3n) is 5.27. The summed E-state index contributed by atoms with van der Waals surface area (Å²) in [6.07, 6.45) is -6.96. The molecule has 39 heavy (non-hydrogen) atoms. The largest absolute Gasteiger partial charge is 0.829 e. The minimum atomic E-state index is -5.18. The summed E-state index contributed by atoms with van der Waals surface area (Å²) in [5.41, 5.74) is 0. The third kappa shape index (κ3) is 7.99. The van der Waals surface area contributed by atoms with Gasteiger partial charge in [0.2, 0.25) is 0 Å². The molecular formula is C28H21BF3N2O4P. The Labute approximate surface area is 224 Å². The van der Waals surface area contributed by atoms with Gasteiger partial charge in [-0.25, -0.2) is 4.89 Å². The molecular weight excluding hydrogens is 527 g/mol. The van der Waals surface area contributed by atoms with E-state index in [0.717, 1.165) is 0 Å². The van der Waals surface area contributed by atoms with E-state index in [-0.39, 0.29) is 0 Å². The van der Waals surface area contributed by atoms with Gasteiger partial charge in [0.05, 0.1) is 0 Å². The minimum absolute atomic E-state index is 1.19. The maximum Gasteiger partial charge on any atom is 0.509 e. The van der Waals surface area contributed by atoms with Crippen LogP contribution in [0.2, 0.25) is 0 Å². The number of nitriles is 2. The lowest BCUT2D eigenvalue weighted by Gasteiger charge is -2.27. The molecule has 0 atom stereocenters. The van der Waals surface area contributed by atoms with E-state index in [1.165, 1.54) is 33.4 Å². The van der Waals surface area contributed by atoms with E-state index in [0.29, 0.717) is 0 Å². The minimum Gasteiger partial charge on any atom is -0.829 e. The second kappa shape index (κ2) is 14.2. The number of benzene rings is 4. The Hall–Kier alpha value is -4.02. The van der Waals surface area contributed by atoms with Crippen molar-refractivity contribution >= 4 is 35.8 Å². The summed E-state index contributed by atoms with van der Waals surface area (Å²) < 4.78 is 36.7. The van der Waals surface area contributed by atoms with Gasteiger partial charge in [-0.15, -0.1) is 13.2 Å². The lowest BCUT2D eigenvalue weighted by Crippen LogP contribution is -2.43. The molecule has 4 aromatic rings. The summed E-state index contributed by atoms with van der Waals surface area (Å²) >= 11 is 0. The van der Waals surface area contributed by atoms with Crippen LogP contribution in [-0.2, 0) is 14.3 Å². The van der Waals surface area contributed by atoms with Crippen LogP contribution in [0.25, 0.3) is 0 Å². The van der Waals surface area contributed by atoms with Crippen molar-refractivity contribution in [2.45, 2.75) is 12.5 Å². The predicted molar refractivity (Wildman–Crippen MR) is 141 cm³/mol. The average Bonchev–Trinajstić information content (AvgIpc) is 2.96. The predicted octanol–water partition coefficient (Wildman–Crippen LogP) is 3.54. The molecule has 4 aromatic carbocycles. The summed E-state index contributed by atoms with van der Waals surface area (Å²) in [5, 5.41) is 31.8. The van der Waals surface area contributed by atoms with Crippen molar-refractivity contribution < 1.29 is 32.5 Å². The topological polar surface area (TPSA) is 98.3 Å². The molecule has 6 nitrogen and oxygen atoms in total. The highest BCUT2D eigenvalue weighted by atomic mass is 31.2. The standard InChI is InChI=1S/C24H20P.C4HBF3N2O4/c1-5-13-21(14-6-1)25(22-15-7-2-8-16-22,23-17-9-3-10-18-23)24-19-11-4-12-20-24;6-4(7,8)13-5(11)14-12-3(1-9)2-10/h1-20H;3H/q+1;-1. The van der Waals surface area contributed by atoms with E-state index in [1.807, 2.05) is 0 Å². The van der Waals surface area contributed by atoms with Gasteiger partial charge in [-0.05, 0) is 48.5 Å². The molecule has 196 valence electrons. The SMILES string of the molecule is N#CC(C#N)OOB([O-])OC(F)(F)F.c1ccc([P+](c2ccccc2)(c2ccccc2)c2ccccc2)cc1. The smallest absolute Gasteiger partial charge is 0.509 e. The molecule has 0 aliphatic rings. The van der Waals surface area contributed by atoms with Crippen LogP contribution in [0.15, 0.2) is 121 Å². The van der Waals surface area contributed by atoms with Crippen molar-refractivity contribution in [2.75, 3.05) is 0 Å². The normalized spacial score (nSPS) is 11.1. The van der Waals surface area contributed by atoms with Gasteiger partial charge in [-0.2, -0.15) is 10.5 Å². The van der Waals surface area contributed by atoms with Crippen molar-refractivity contribution in [3.8, 4) is 12.1 Å². The van der Waals surface area contributed by atoms with Gasteiger partial charge in [0, 0.05) is 0 Å². The lowest BCUT2D eigenvalue weighted by atomic mass is 10.3. The van der Waals surface area contributed by atoms with Crippen LogP contribution in [0.4, 0.5) is 13.2 Å². The molecule has 0 unspecified atom stereocenters. The van der Waals surface area contributed by atoms with E-state index in [4.69, 9.17) is 10.5 Å². The molecule has 0 heterocycles. The molecule has 0 aliphatic carbocycles. The summed E-state index contributed by atoms with van der Waals surface area (Å²) in [7, 11) is -4.91. The molecule has 0 aromatic heterocycles. The monoisotopic (exact) mass is 548 g/mol. The van der Waals surface area contributed by atoms with E-state index in [9.17, 15) is 18.2 Å². The van der Waals surface area contributed by atoms with Gasteiger partial charge in [0.1, 0.15) is 40.6 Å². The Morgan fingerprint density at radius 1 is 0.641 bits per heavy atom. The van der Waals surface area contributed by atoms with Crippen LogP contribution in [0.3, 0.4) is 0 Å². The summed E-state index contributed by atoms with van der Waals surface area (Å²) in [4.78, 5) is 7.11. The second-order valence-corrected chi connectivity index (χ2v) is 11.1. The van der Waals surface area contributed by atoms with Crippen LogP contribution in [0, 0.1) is 22.7 Å². The first-order chi connectivity index (χ1) is 18.8. The van der Waals surface area contributed by atoms with Gasteiger partial charge in [0.25, 0.3) is 6.10 Å². The first-order valence-corrected chi connectivity index (χ1v) is 13.2. The Morgan fingerprint density at radius 3 is 1.21 bits per heavy atom. The van der Waals surface area contributed by atoms with Crippen LogP contribution in [-0.4, -0.2) is 19.8 Å². The molecule has 0 N–H and O–H groups in total. The fraction of sp³-hybridized carbons (Fsp3) is 0.0714. The first kappa shape index (κ1) is 29.5. The fourth-order valence-electron chi connectivity index (χ4n) is 3.80. The highest BCUT2D eigenvalue weighted by molar-refractivity contribution is 8.01. The number of hydrogen-bond donors (Lipinski definition) is 0. The van der Waals surface area contributed by atoms with Gasteiger partial charge >= 0.3 is 13.7 Å². The first-order valence-electron chi connectivity index (χ1n) is 11.4. The Balaban J connectivity index is 0.000000258. The van der Waals surface area contributed by atoms with Gasteiger partial charge in [-0.1, -0.05) is 72.8 Å². The van der Waals surface area contributed by atoms with Crippen molar-refractivity contribution in [3.05, 3.63) is 121 Å². The summed E-state index contributed by atoms with van der Waals surface area (Å²) in [5.74, 6) is 0. The number of hydrogen-bond acceptors (Lipinski definition) is 6. The molecule has 0 fully saturated rings. The molecule has 11 heteroatoms. The maximum atomic E-state index is 11.3. The Kier molecular flexibility index (Phi) is 10.8. The van der Waals surface area contributed by atoms with Crippen LogP contribution < -0.4 is 26.2 Å². The van der Waals surface area contributed by atoms with Gasteiger partial charge < -0.3 is 9.68 Å². The van der Waals surface area contributed by atoms with Crippen LogP contribution in [0.5, 0.6) is 0 Å². The number of halogens is 3. The fourth-order valence-corrected chi connectivity index (χ4v) is 8.07. The molecule has 0 amide bonds. The molecule has 0 saturated carbocycles. The second-order valence-electron chi connectivity index (χ2n) is 7.70. The number of nitrogens with zero attached hydrogens (tertiary/aromatic N) is 2. The Bertz CT molecular complexity index is 1190. The molecule has 4 rings (SSSR count). The van der Waals surface area contributed by atoms with Crippen molar-refractivity contribution in [1.29, 1.82) is 10.5 Å². The molecule has 0 saturated heterocycles. The summed E-state index contributed by atoms with van der Waals surface area (Å²) in [6, 6.07) is 46.2. The quantitative estimate of drug-likeness (QED) is 0.145. The zero-order valence-corrected chi connectivity index (χ0v) is 21.2. The third-order valence-corrected chi connectivity index (χ3v) is 9.56. The number of rotatable bonds is 8. The molecule has 0 bridgehead atoms. The summed E-state index contributed by atoms with van der Waals surface area (Å²) in [6.45, 7) is 0. The van der Waals surface area contributed by atoms with Crippen LogP contribution in [0.1, 0.15) is 0 Å². The highest BCUT2D eigenvalue weighted by Gasteiger charge is 2.47. The zero-order chi connectivity index (χ0) is 28.1. The lowest BCUT2D eigenvalue weighted by molar-refractivity contribution is -0.385. The van der Waals surface area contributed by atoms with E-state index >= 15 is 0 Å². The Morgan fingerprint density at radius 2 is 0.949 bits per heavy atom. The zero-order valence-electron chi connectivity index (χ0n) is 20.3. The highest BCUT2D eigenvalue weighted by Crippen LogP contribution is 2.53. The van der Waals surface area contributed by atoms with E-state index in [1.54, 1.807) is 0 Å². The van der Waals surface area contributed by atoms with E-state index in [2.05, 4.69) is 136 Å². The van der Waals surface area contributed by atoms with E-state index < -0.39 is 27.1 Å².